The van der Waals surface area contributed by atoms with Crippen molar-refractivity contribution in [1.29, 1.82) is 5.26 Å². The van der Waals surface area contributed by atoms with Crippen molar-refractivity contribution in [3.63, 3.8) is 0 Å². The molecule has 1 atom stereocenters. The minimum absolute atomic E-state index is 0.0234. The van der Waals surface area contributed by atoms with E-state index in [-0.39, 0.29) is 40.8 Å². The molecule has 2 aliphatic rings. The van der Waals surface area contributed by atoms with Gasteiger partial charge in [-0.05, 0) is 42.2 Å². The minimum Gasteiger partial charge on any atom is -0.384 e. The summed E-state index contributed by atoms with van der Waals surface area (Å²) in [7, 11) is 0. The number of nitrogens with two attached hydrogens (primary N) is 1. The average Bonchev–Trinajstić information content (AvgIpc) is 3.36. The number of thioether (sulfide) groups is 1. The molecule has 1 aromatic heterocycles. The van der Waals surface area contributed by atoms with E-state index in [9.17, 15) is 23.6 Å². The van der Waals surface area contributed by atoms with Crippen molar-refractivity contribution < 1.29 is 18.4 Å². The molecule has 3 aromatic rings. The average molecular weight is 579 g/mol. The van der Waals surface area contributed by atoms with Crippen LogP contribution in [-0.4, -0.2) is 27.6 Å². The van der Waals surface area contributed by atoms with Gasteiger partial charge in [0, 0.05) is 28.9 Å². The Morgan fingerprint density at radius 3 is 2.62 bits per heavy atom. The van der Waals surface area contributed by atoms with E-state index in [1.807, 2.05) is 13.8 Å². The predicted octanol–water partition coefficient (Wildman–Crippen LogP) is 5.49. The third-order valence-electron chi connectivity index (χ3n) is 6.64. The van der Waals surface area contributed by atoms with Crippen LogP contribution in [-0.2, 0) is 9.59 Å². The van der Waals surface area contributed by atoms with Gasteiger partial charge in [0.15, 0.2) is 10.1 Å². The summed E-state index contributed by atoms with van der Waals surface area (Å²) in [5, 5.41) is 21.6. The molecule has 2 aromatic carbocycles. The fourth-order valence-electron chi connectivity index (χ4n) is 4.96. The smallest absolute Gasteiger partial charge is 0.234 e. The molecule has 0 radical (unpaired) electrons. The highest BCUT2D eigenvalue weighted by atomic mass is 32.2. The number of nitrogens with zero attached hydrogens (tertiary/aromatic N) is 4. The Morgan fingerprint density at radius 1 is 1.20 bits per heavy atom. The molecule has 0 bridgehead atoms. The van der Waals surface area contributed by atoms with Crippen molar-refractivity contribution in [3.8, 4) is 6.07 Å². The van der Waals surface area contributed by atoms with Crippen LogP contribution < -0.4 is 16.0 Å². The number of ketones is 1. The second-order valence-corrected chi connectivity index (χ2v) is 12.4. The molecule has 204 valence electrons. The second kappa shape index (κ2) is 10.8. The molecule has 1 amide bonds. The summed E-state index contributed by atoms with van der Waals surface area (Å²) in [5.74, 6) is -2.27. The maximum Gasteiger partial charge on any atom is 0.234 e. The first-order chi connectivity index (χ1) is 19.1. The van der Waals surface area contributed by atoms with Gasteiger partial charge >= 0.3 is 0 Å². The molecule has 1 aliphatic heterocycles. The van der Waals surface area contributed by atoms with Crippen molar-refractivity contribution in [2.75, 3.05) is 16.0 Å². The number of hydrogen-bond donors (Lipinski definition) is 2. The molecule has 0 saturated heterocycles. The van der Waals surface area contributed by atoms with Crippen LogP contribution in [0, 0.1) is 28.4 Å². The van der Waals surface area contributed by atoms with Crippen LogP contribution in [0.4, 0.5) is 19.6 Å². The summed E-state index contributed by atoms with van der Waals surface area (Å²) < 4.78 is 28.6. The Kier molecular flexibility index (Phi) is 7.44. The zero-order valence-electron chi connectivity index (χ0n) is 21.6. The molecule has 3 N–H and O–H groups in total. The van der Waals surface area contributed by atoms with Crippen LogP contribution in [0.15, 0.2) is 75.5 Å². The van der Waals surface area contributed by atoms with E-state index in [1.165, 1.54) is 30.3 Å². The summed E-state index contributed by atoms with van der Waals surface area (Å²) in [6, 6.07) is 13.6. The molecule has 40 heavy (non-hydrogen) atoms. The Labute approximate surface area is 237 Å². The maximum absolute atomic E-state index is 15.0. The quantitative estimate of drug-likeness (QED) is 0.368. The number of carbonyl (C=O) groups is 2. The SMILES string of the molecule is CC1(C)CC(=O)C2=C(C1)N(c1nnc(SCC(=O)Nc3ccc(F)cc3)s1)C(N)=C(C#N)C2c1ccccc1F. The number of anilines is 2. The summed E-state index contributed by atoms with van der Waals surface area (Å²) in [4.78, 5) is 27.5. The highest BCUT2D eigenvalue weighted by molar-refractivity contribution is 8.01. The van der Waals surface area contributed by atoms with E-state index < -0.39 is 23.0 Å². The Bertz CT molecular complexity index is 1610. The number of Topliss-reactive ketones (excluding diaryl/α,β-unsaturated/α-hetero) is 1. The topological polar surface area (TPSA) is 125 Å². The number of nitrogens with one attached hydrogen (secondary N) is 1. The summed E-state index contributed by atoms with van der Waals surface area (Å²) >= 11 is 2.31. The van der Waals surface area contributed by atoms with Crippen molar-refractivity contribution in [1.82, 2.24) is 10.2 Å². The molecule has 1 aliphatic carbocycles. The van der Waals surface area contributed by atoms with Crippen LogP contribution >= 0.6 is 23.1 Å². The molecule has 0 fully saturated rings. The summed E-state index contributed by atoms with van der Waals surface area (Å²) in [6.45, 7) is 3.93. The Hall–Kier alpha value is -4.08. The lowest BCUT2D eigenvalue weighted by molar-refractivity contribution is -0.118. The first-order valence-electron chi connectivity index (χ1n) is 12.3. The Morgan fingerprint density at radius 2 is 1.93 bits per heavy atom. The van der Waals surface area contributed by atoms with Crippen molar-refractivity contribution in [2.45, 2.75) is 36.9 Å². The van der Waals surface area contributed by atoms with Crippen LogP contribution in [0.1, 0.15) is 38.2 Å². The largest absolute Gasteiger partial charge is 0.384 e. The van der Waals surface area contributed by atoms with Gasteiger partial charge in [-0.1, -0.05) is 55.1 Å². The van der Waals surface area contributed by atoms with Crippen LogP contribution in [0.3, 0.4) is 0 Å². The van der Waals surface area contributed by atoms with Crippen molar-refractivity contribution >= 4 is 45.6 Å². The van der Waals surface area contributed by atoms with Gasteiger partial charge in [-0.3, -0.25) is 14.5 Å². The zero-order valence-corrected chi connectivity index (χ0v) is 23.2. The number of carbonyl (C=O) groups excluding carboxylic acids is 2. The van der Waals surface area contributed by atoms with Gasteiger partial charge in [0.2, 0.25) is 11.0 Å². The minimum atomic E-state index is -0.932. The third kappa shape index (κ3) is 5.35. The lowest BCUT2D eigenvalue weighted by Gasteiger charge is -2.42. The number of hydrogen-bond acceptors (Lipinski definition) is 9. The summed E-state index contributed by atoms with van der Waals surface area (Å²) in [5.41, 5.74) is 7.79. The molecule has 8 nitrogen and oxygen atoms in total. The van der Waals surface area contributed by atoms with Gasteiger partial charge < -0.3 is 11.1 Å². The highest BCUT2D eigenvalue weighted by Crippen LogP contribution is 2.51. The molecule has 12 heteroatoms. The van der Waals surface area contributed by atoms with Gasteiger partial charge in [-0.25, -0.2) is 8.78 Å². The second-order valence-electron chi connectivity index (χ2n) is 10.2. The van der Waals surface area contributed by atoms with Crippen molar-refractivity contribution in [2.24, 2.45) is 11.1 Å². The van der Waals surface area contributed by atoms with Gasteiger partial charge in [0.05, 0.1) is 23.3 Å². The number of amides is 1. The van der Waals surface area contributed by atoms with Gasteiger partial charge in [0.1, 0.15) is 17.5 Å². The first-order valence-corrected chi connectivity index (χ1v) is 14.1. The lowest BCUT2D eigenvalue weighted by Crippen LogP contribution is -2.42. The van der Waals surface area contributed by atoms with Gasteiger partial charge in [-0.15, -0.1) is 10.2 Å². The van der Waals surface area contributed by atoms with Gasteiger partial charge in [-0.2, -0.15) is 5.26 Å². The number of aromatic nitrogens is 2. The number of rotatable bonds is 6. The van der Waals surface area contributed by atoms with Crippen LogP contribution in [0.5, 0.6) is 0 Å². The Balaban J connectivity index is 1.47. The van der Waals surface area contributed by atoms with Crippen molar-refractivity contribution in [3.05, 3.63) is 88.4 Å². The number of halogens is 2. The monoisotopic (exact) mass is 578 g/mol. The van der Waals surface area contributed by atoms with E-state index in [0.717, 1.165) is 23.1 Å². The van der Waals surface area contributed by atoms with E-state index in [2.05, 4.69) is 21.6 Å². The molecule has 0 saturated carbocycles. The van der Waals surface area contributed by atoms with Crippen LogP contribution in [0.2, 0.25) is 0 Å². The fraction of sp³-hybridized carbons (Fsp3) is 0.250. The van der Waals surface area contributed by atoms with E-state index in [4.69, 9.17) is 5.73 Å². The molecular weight excluding hydrogens is 554 g/mol. The lowest BCUT2D eigenvalue weighted by atomic mass is 9.68. The fourth-order valence-corrected chi connectivity index (χ4v) is 6.64. The summed E-state index contributed by atoms with van der Waals surface area (Å²) in [6.07, 6.45) is 0.685. The first kappa shape index (κ1) is 27.5. The third-order valence-corrected chi connectivity index (χ3v) is 8.68. The highest BCUT2D eigenvalue weighted by Gasteiger charge is 2.46. The van der Waals surface area contributed by atoms with Gasteiger partial charge in [0.25, 0.3) is 0 Å². The van der Waals surface area contributed by atoms with Crippen LogP contribution in [0.25, 0.3) is 0 Å². The predicted molar refractivity (Wildman–Crippen MR) is 149 cm³/mol. The maximum atomic E-state index is 15.0. The van der Waals surface area contributed by atoms with E-state index in [1.54, 1.807) is 23.1 Å². The number of benzene rings is 2. The molecule has 1 unspecified atom stereocenters. The molecule has 5 rings (SSSR count). The molecule has 2 heterocycles. The number of nitriles is 1. The molecular formula is C28H24F2N6O2S2. The zero-order chi connectivity index (χ0) is 28.6. The van der Waals surface area contributed by atoms with E-state index >= 15 is 0 Å². The standard InChI is InChI=1S/C28H24F2N6O2S2/c1-28(2)11-20-24(21(37)12-28)23(17-5-3-4-6-19(17)30)18(13-31)25(32)36(20)26-34-35-27(40-26)39-14-22(38)33-16-9-7-15(29)8-10-16/h3-10,23H,11-12,14,32H2,1-2H3,(H,33,38). The number of allylic oxidation sites excluding steroid dienone is 3. The van der Waals surface area contributed by atoms with E-state index in [0.29, 0.717) is 32.8 Å². The molecule has 0 spiro atoms. The normalized spacial score (nSPS) is 18.4.